The van der Waals surface area contributed by atoms with Crippen molar-refractivity contribution in [3.63, 3.8) is 0 Å². The SMILES string of the molecule is CCCCCCCCCC(=O)Nc1ccc(S(=O)(=O)O)cc1. The van der Waals surface area contributed by atoms with E-state index in [0.717, 1.165) is 19.3 Å². The van der Waals surface area contributed by atoms with E-state index in [0.29, 0.717) is 12.1 Å². The normalized spacial score (nSPS) is 11.4. The van der Waals surface area contributed by atoms with Gasteiger partial charge >= 0.3 is 0 Å². The highest BCUT2D eigenvalue weighted by Gasteiger charge is 2.09. The van der Waals surface area contributed by atoms with Crippen molar-refractivity contribution in [1.29, 1.82) is 0 Å². The monoisotopic (exact) mass is 327 g/mol. The molecule has 0 aliphatic carbocycles. The number of rotatable bonds is 10. The van der Waals surface area contributed by atoms with E-state index in [4.69, 9.17) is 4.55 Å². The van der Waals surface area contributed by atoms with Gasteiger partial charge in [-0.3, -0.25) is 9.35 Å². The Kier molecular flexibility index (Phi) is 8.12. The van der Waals surface area contributed by atoms with Crippen molar-refractivity contribution in [3.05, 3.63) is 24.3 Å². The zero-order valence-electron chi connectivity index (χ0n) is 13.0. The summed E-state index contributed by atoms with van der Waals surface area (Å²) in [6.45, 7) is 2.19. The summed E-state index contributed by atoms with van der Waals surface area (Å²) >= 11 is 0. The predicted molar refractivity (Wildman–Crippen MR) is 87.5 cm³/mol. The fraction of sp³-hybridized carbons (Fsp3) is 0.562. The molecular weight excluding hydrogens is 302 g/mol. The molecule has 0 aromatic heterocycles. The maximum atomic E-state index is 11.8. The summed E-state index contributed by atoms with van der Waals surface area (Å²) in [6.07, 6.45) is 8.55. The van der Waals surface area contributed by atoms with Crippen molar-refractivity contribution >= 4 is 21.7 Å². The Balaban J connectivity index is 2.25. The summed E-state index contributed by atoms with van der Waals surface area (Å²) in [5, 5.41) is 2.72. The minimum Gasteiger partial charge on any atom is -0.326 e. The molecule has 0 radical (unpaired) electrons. The van der Waals surface area contributed by atoms with Gasteiger partial charge in [0, 0.05) is 12.1 Å². The van der Waals surface area contributed by atoms with Crippen LogP contribution in [0.2, 0.25) is 0 Å². The van der Waals surface area contributed by atoms with Crippen molar-refractivity contribution in [1.82, 2.24) is 0 Å². The van der Waals surface area contributed by atoms with E-state index < -0.39 is 10.1 Å². The predicted octanol–water partition coefficient (Wildman–Crippen LogP) is 4.01. The first kappa shape index (κ1) is 18.6. The van der Waals surface area contributed by atoms with Crippen LogP contribution >= 0.6 is 0 Å². The largest absolute Gasteiger partial charge is 0.326 e. The Morgan fingerprint density at radius 1 is 1.00 bits per heavy atom. The van der Waals surface area contributed by atoms with Gasteiger partial charge in [-0.25, -0.2) is 0 Å². The Morgan fingerprint density at radius 2 is 1.55 bits per heavy atom. The summed E-state index contributed by atoms with van der Waals surface area (Å²) in [5.41, 5.74) is 0.528. The first-order valence-electron chi connectivity index (χ1n) is 7.81. The van der Waals surface area contributed by atoms with Gasteiger partial charge in [0.15, 0.2) is 0 Å². The Morgan fingerprint density at radius 3 is 2.09 bits per heavy atom. The van der Waals surface area contributed by atoms with Crippen LogP contribution in [-0.2, 0) is 14.9 Å². The highest BCUT2D eigenvalue weighted by Crippen LogP contribution is 2.14. The Hall–Kier alpha value is -1.40. The van der Waals surface area contributed by atoms with E-state index in [-0.39, 0.29) is 10.8 Å². The number of nitrogens with one attached hydrogen (secondary N) is 1. The molecule has 0 fully saturated rings. The fourth-order valence-electron chi connectivity index (χ4n) is 2.18. The number of hydrogen-bond acceptors (Lipinski definition) is 3. The molecule has 2 N–H and O–H groups in total. The van der Waals surface area contributed by atoms with Gasteiger partial charge in [-0.05, 0) is 30.7 Å². The van der Waals surface area contributed by atoms with E-state index in [9.17, 15) is 13.2 Å². The van der Waals surface area contributed by atoms with Crippen LogP contribution in [-0.4, -0.2) is 18.9 Å². The lowest BCUT2D eigenvalue weighted by Gasteiger charge is -2.06. The van der Waals surface area contributed by atoms with Crippen LogP contribution in [0.15, 0.2) is 29.2 Å². The minimum atomic E-state index is -4.19. The van der Waals surface area contributed by atoms with Crippen molar-refractivity contribution in [2.24, 2.45) is 0 Å². The summed E-state index contributed by atoms with van der Waals surface area (Å²) in [6, 6.07) is 5.45. The lowest BCUT2D eigenvalue weighted by Crippen LogP contribution is -2.11. The van der Waals surface area contributed by atoms with Gasteiger partial charge in [-0.15, -0.1) is 0 Å². The van der Waals surface area contributed by atoms with E-state index >= 15 is 0 Å². The maximum Gasteiger partial charge on any atom is 0.294 e. The standard InChI is InChI=1S/C16H25NO4S/c1-2-3-4-5-6-7-8-9-16(18)17-14-10-12-15(13-11-14)22(19,20)21/h10-13H,2-9H2,1H3,(H,17,18)(H,19,20,21). The van der Waals surface area contributed by atoms with Crippen molar-refractivity contribution in [3.8, 4) is 0 Å². The van der Waals surface area contributed by atoms with E-state index in [1.807, 2.05) is 0 Å². The summed E-state index contributed by atoms with van der Waals surface area (Å²) < 4.78 is 30.7. The third-order valence-corrected chi connectivity index (χ3v) is 4.31. The number of unbranched alkanes of at least 4 members (excludes halogenated alkanes) is 6. The molecule has 1 aromatic rings. The minimum absolute atomic E-state index is 0.0758. The first-order valence-corrected chi connectivity index (χ1v) is 9.25. The molecule has 1 amide bonds. The number of carbonyl (C=O) groups is 1. The molecule has 0 atom stereocenters. The molecule has 0 unspecified atom stereocenters. The molecule has 0 spiro atoms. The molecule has 0 heterocycles. The van der Waals surface area contributed by atoms with Crippen LogP contribution < -0.4 is 5.32 Å². The first-order chi connectivity index (χ1) is 10.4. The van der Waals surface area contributed by atoms with Crippen molar-refractivity contribution in [2.45, 2.75) is 63.2 Å². The topological polar surface area (TPSA) is 83.5 Å². The van der Waals surface area contributed by atoms with Gasteiger partial charge < -0.3 is 5.32 Å². The molecule has 0 aliphatic rings. The molecule has 5 nitrogen and oxygen atoms in total. The zero-order valence-corrected chi connectivity index (χ0v) is 13.9. The number of carbonyl (C=O) groups excluding carboxylic acids is 1. The summed E-state index contributed by atoms with van der Waals surface area (Å²) in [5.74, 6) is -0.0758. The smallest absolute Gasteiger partial charge is 0.294 e. The average molecular weight is 327 g/mol. The molecule has 0 saturated heterocycles. The second-order valence-corrected chi connectivity index (χ2v) is 6.84. The molecular formula is C16H25NO4S. The Bertz CT molecular complexity index is 552. The van der Waals surface area contributed by atoms with Crippen LogP contribution in [0.3, 0.4) is 0 Å². The van der Waals surface area contributed by atoms with Gasteiger partial charge in [0.2, 0.25) is 5.91 Å². The highest BCUT2D eigenvalue weighted by atomic mass is 32.2. The van der Waals surface area contributed by atoms with Gasteiger partial charge in [-0.2, -0.15) is 8.42 Å². The lowest BCUT2D eigenvalue weighted by atomic mass is 10.1. The molecule has 1 aromatic carbocycles. The molecule has 0 saturated carbocycles. The van der Waals surface area contributed by atoms with Crippen LogP contribution in [0.1, 0.15) is 58.3 Å². The fourth-order valence-corrected chi connectivity index (χ4v) is 2.66. The molecule has 124 valence electrons. The number of hydrogen-bond donors (Lipinski definition) is 2. The number of benzene rings is 1. The molecule has 0 aliphatic heterocycles. The van der Waals surface area contributed by atoms with Crippen molar-refractivity contribution < 1.29 is 17.8 Å². The van der Waals surface area contributed by atoms with Crippen LogP contribution in [0, 0.1) is 0 Å². The molecule has 0 bridgehead atoms. The zero-order chi connectivity index (χ0) is 16.4. The number of amides is 1. The summed E-state index contributed by atoms with van der Waals surface area (Å²) in [7, 11) is -4.19. The third-order valence-electron chi connectivity index (χ3n) is 3.44. The van der Waals surface area contributed by atoms with Crippen molar-refractivity contribution in [2.75, 3.05) is 5.32 Å². The van der Waals surface area contributed by atoms with Crippen LogP contribution in [0.5, 0.6) is 0 Å². The van der Waals surface area contributed by atoms with Crippen LogP contribution in [0.4, 0.5) is 5.69 Å². The van der Waals surface area contributed by atoms with Gasteiger partial charge in [0.1, 0.15) is 0 Å². The van der Waals surface area contributed by atoms with Gasteiger partial charge in [0.25, 0.3) is 10.1 Å². The molecule has 6 heteroatoms. The van der Waals surface area contributed by atoms with Gasteiger partial charge in [-0.1, -0.05) is 45.4 Å². The highest BCUT2D eigenvalue weighted by molar-refractivity contribution is 7.85. The average Bonchev–Trinajstić information content (AvgIpc) is 2.46. The number of anilines is 1. The second kappa shape index (κ2) is 9.58. The van der Waals surface area contributed by atoms with Gasteiger partial charge in [0.05, 0.1) is 4.90 Å². The van der Waals surface area contributed by atoms with E-state index in [1.54, 1.807) is 0 Å². The van der Waals surface area contributed by atoms with Crippen LogP contribution in [0.25, 0.3) is 0 Å². The molecule has 1 rings (SSSR count). The quantitative estimate of drug-likeness (QED) is 0.502. The maximum absolute atomic E-state index is 11.8. The second-order valence-electron chi connectivity index (χ2n) is 5.42. The lowest BCUT2D eigenvalue weighted by molar-refractivity contribution is -0.116. The Labute approximate surface area is 132 Å². The molecule has 22 heavy (non-hydrogen) atoms. The van der Waals surface area contributed by atoms with E-state index in [1.165, 1.54) is 49.9 Å². The van der Waals surface area contributed by atoms with E-state index in [2.05, 4.69) is 12.2 Å². The third kappa shape index (κ3) is 7.56. The summed E-state index contributed by atoms with van der Waals surface area (Å²) in [4.78, 5) is 11.6.